The maximum absolute atomic E-state index is 13.4. The number of halogens is 1. The minimum Gasteiger partial charge on any atom is -0.481 e. The fourth-order valence-electron chi connectivity index (χ4n) is 1.13. The molecule has 17 heavy (non-hydrogen) atoms. The first-order chi connectivity index (χ1) is 8.08. The predicted octanol–water partition coefficient (Wildman–Crippen LogP) is 1.50. The lowest BCUT2D eigenvalue weighted by molar-refractivity contribution is -0.131. The van der Waals surface area contributed by atoms with Gasteiger partial charge in [0.2, 0.25) is 0 Å². The smallest absolute Gasteiger partial charge is 0.260 e. The van der Waals surface area contributed by atoms with E-state index in [-0.39, 0.29) is 23.8 Å². The summed E-state index contributed by atoms with van der Waals surface area (Å²) in [4.78, 5) is 23.3. The number of hydrogen-bond acceptors (Lipinski definition) is 3. The molecule has 0 saturated heterocycles. The molecule has 0 saturated carbocycles. The number of aldehydes is 1. The third kappa shape index (κ3) is 3.55. The van der Waals surface area contributed by atoms with Crippen LogP contribution in [0.4, 0.5) is 4.39 Å². The van der Waals surface area contributed by atoms with Crippen LogP contribution in [0.5, 0.6) is 5.75 Å². The van der Waals surface area contributed by atoms with Gasteiger partial charge in [-0.1, -0.05) is 0 Å². The Morgan fingerprint density at radius 1 is 1.53 bits per heavy atom. The van der Waals surface area contributed by atoms with E-state index in [0.29, 0.717) is 12.8 Å². The Morgan fingerprint density at radius 3 is 2.76 bits per heavy atom. The molecule has 0 N–H and O–H groups in total. The summed E-state index contributed by atoms with van der Waals surface area (Å²) in [7, 11) is 1.64. The topological polar surface area (TPSA) is 46.6 Å². The molecule has 0 heterocycles. The van der Waals surface area contributed by atoms with Crippen molar-refractivity contribution in [2.45, 2.75) is 6.92 Å². The number of likely N-dealkylation sites (N-methyl/N-ethyl adjacent to an activating group) is 1. The van der Waals surface area contributed by atoms with Crippen molar-refractivity contribution in [2.24, 2.45) is 0 Å². The van der Waals surface area contributed by atoms with Gasteiger partial charge in [-0.3, -0.25) is 9.59 Å². The average molecular weight is 239 g/mol. The Balaban J connectivity index is 2.64. The highest BCUT2D eigenvalue weighted by Gasteiger charge is 2.10. The summed E-state index contributed by atoms with van der Waals surface area (Å²) in [5.74, 6) is -0.915. The second-order valence-corrected chi connectivity index (χ2v) is 3.50. The van der Waals surface area contributed by atoms with E-state index < -0.39 is 5.82 Å². The molecule has 4 nitrogen and oxygen atoms in total. The highest BCUT2D eigenvalue weighted by molar-refractivity contribution is 5.77. The van der Waals surface area contributed by atoms with Crippen LogP contribution in [0.3, 0.4) is 0 Å². The van der Waals surface area contributed by atoms with Crippen LogP contribution in [0.15, 0.2) is 18.2 Å². The molecule has 1 amide bonds. The largest absolute Gasteiger partial charge is 0.481 e. The summed E-state index contributed by atoms with van der Waals surface area (Å²) >= 11 is 0. The van der Waals surface area contributed by atoms with Gasteiger partial charge in [0.1, 0.15) is 6.29 Å². The van der Waals surface area contributed by atoms with E-state index in [0.717, 1.165) is 6.07 Å². The fraction of sp³-hybridized carbons (Fsp3) is 0.333. The minimum atomic E-state index is -0.651. The van der Waals surface area contributed by atoms with E-state index in [1.165, 1.54) is 17.0 Å². The first kappa shape index (κ1) is 13.2. The van der Waals surface area contributed by atoms with Gasteiger partial charge in [0, 0.05) is 19.2 Å². The van der Waals surface area contributed by atoms with Crippen molar-refractivity contribution in [2.75, 3.05) is 20.2 Å². The zero-order chi connectivity index (χ0) is 12.8. The lowest BCUT2D eigenvalue weighted by Gasteiger charge is -2.15. The van der Waals surface area contributed by atoms with Crippen molar-refractivity contribution < 1.29 is 18.7 Å². The van der Waals surface area contributed by atoms with Crippen LogP contribution < -0.4 is 4.74 Å². The first-order valence-corrected chi connectivity index (χ1v) is 5.20. The van der Waals surface area contributed by atoms with Gasteiger partial charge in [-0.25, -0.2) is 4.39 Å². The van der Waals surface area contributed by atoms with Crippen molar-refractivity contribution in [3.05, 3.63) is 29.6 Å². The Hall–Kier alpha value is -1.91. The number of nitrogens with zero attached hydrogens (tertiary/aromatic N) is 1. The molecule has 0 spiro atoms. The Morgan fingerprint density at radius 2 is 2.24 bits per heavy atom. The van der Waals surface area contributed by atoms with E-state index in [1.54, 1.807) is 7.05 Å². The SMILES string of the molecule is CCN(C)C(=O)COc1ccc(C=O)cc1F. The molecular weight excluding hydrogens is 225 g/mol. The van der Waals surface area contributed by atoms with Crippen molar-refractivity contribution in [1.82, 2.24) is 4.90 Å². The van der Waals surface area contributed by atoms with Crippen molar-refractivity contribution >= 4 is 12.2 Å². The van der Waals surface area contributed by atoms with Gasteiger partial charge in [-0.05, 0) is 25.1 Å². The summed E-state index contributed by atoms with van der Waals surface area (Å²) in [5, 5.41) is 0. The summed E-state index contributed by atoms with van der Waals surface area (Å²) < 4.78 is 18.4. The van der Waals surface area contributed by atoms with Crippen LogP contribution in [0.25, 0.3) is 0 Å². The molecule has 0 aromatic heterocycles. The summed E-state index contributed by atoms with van der Waals surface area (Å²) in [5.41, 5.74) is 0.229. The van der Waals surface area contributed by atoms with Crippen molar-refractivity contribution in [3.63, 3.8) is 0 Å². The molecule has 0 bridgehead atoms. The molecular formula is C12H14FNO3. The van der Waals surface area contributed by atoms with Crippen LogP contribution >= 0.6 is 0 Å². The number of amides is 1. The van der Waals surface area contributed by atoms with E-state index >= 15 is 0 Å². The fourth-order valence-corrected chi connectivity index (χ4v) is 1.13. The third-order valence-electron chi connectivity index (χ3n) is 2.34. The van der Waals surface area contributed by atoms with Crippen LogP contribution in [-0.2, 0) is 4.79 Å². The van der Waals surface area contributed by atoms with Crippen molar-refractivity contribution in [1.29, 1.82) is 0 Å². The average Bonchev–Trinajstić information content (AvgIpc) is 2.35. The van der Waals surface area contributed by atoms with Gasteiger partial charge in [-0.2, -0.15) is 0 Å². The van der Waals surface area contributed by atoms with Gasteiger partial charge in [0.05, 0.1) is 0 Å². The molecule has 0 radical (unpaired) electrons. The molecule has 0 atom stereocenters. The normalized spacial score (nSPS) is 9.82. The molecule has 5 heteroatoms. The molecule has 1 aromatic rings. The first-order valence-electron chi connectivity index (χ1n) is 5.20. The summed E-state index contributed by atoms with van der Waals surface area (Å²) in [6, 6.07) is 3.83. The second-order valence-electron chi connectivity index (χ2n) is 3.50. The Kier molecular flexibility index (Phi) is 4.63. The molecule has 0 unspecified atom stereocenters. The van der Waals surface area contributed by atoms with Gasteiger partial charge in [-0.15, -0.1) is 0 Å². The number of carbonyl (C=O) groups excluding carboxylic acids is 2. The number of rotatable bonds is 5. The number of ether oxygens (including phenoxy) is 1. The maximum Gasteiger partial charge on any atom is 0.260 e. The highest BCUT2D eigenvalue weighted by Crippen LogP contribution is 2.17. The quantitative estimate of drug-likeness (QED) is 0.731. The van der Waals surface area contributed by atoms with Gasteiger partial charge < -0.3 is 9.64 Å². The third-order valence-corrected chi connectivity index (χ3v) is 2.34. The highest BCUT2D eigenvalue weighted by atomic mass is 19.1. The zero-order valence-electron chi connectivity index (χ0n) is 9.77. The molecule has 0 aliphatic heterocycles. The van der Waals surface area contributed by atoms with Crippen LogP contribution in [0, 0.1) is 5.82 Å². The standard InChI is InChI=1S/C12H14FNO3/c1-3-14(2)12(16)8-17-11-5-4-9(7-15)6-10(11)13/h4-7H,3,8H2,1-2H3. The molecule has 0 fully saturated rings. The molecule has 92 valence electrons. The van der Waals surface area contributed by atoms with Crippen LogP contribution in [-0.4, -0.2) is 37.3 Å². The van der Waals surface area contributed by atoms with E-state index in [1.807, 2.05) is 6.92 Å². The van der Waals surface area contributed by atoms with Crippen LogP contribution in [0.2, 0.25) is 0 Å². The lowest BCUT2D eigenvalue weighted by atomic mass is 10.2. The molecule has 1 aromatic carbocycles. The number of carbonyl (C=O) groups is 2. The zero-order valence-corrected chi connectivity index (χ0v) is 9.77. The van der Waals surface area contributed by atoms with Crippen LogP contribution in [0.1, 0.15) is 17.3 Å². The summed E-state index contributed by atoms with van der Waals surface area (Å²) in [6.07, 6.45) is 0.545. The predicted molar refractivity (Wildman–Crippen MR) is 60.6 cm³/mol. The monoisotopic (exact) mass is 239 g/mol. The molecule has 0 aliphatic rings. The number of hydrogen-bond donors (Lipinski definition) is 0. The van der Waals surface area contributed by atoms with Crippen molar-refractivity contribution in [3.8, 4) is 5.75 Å². The Labute approximate surface area is 99.0 Å². The molecule has 1 rings (SSSR count). The van der Waals surface area contributed by atoms with Gasteiger partial charge in [0.15, 0.2) is 18.2 Å². The number of benzene rings is 1. The Bertz CT molecular complexity index is 420. The lowest BCUT2D eigenvalue weighted by Crippen LogP contribution is -2.31. The van der Waals surface area contributed by atoms with E-state index in [9.17, 15) is 14.0 Å². The maximum atomic E-state index is 13.4. The second kappa shape index (κ2) is 5.98. The summed E-state index contributed by atoms with van der Waals surface area (Å²) in [6.45, 7) is 2.17. The van der Waals surface area contributed by atoms with E-state index in [2.05, 4.69) is 0 Å². The van der Waals surface area contributed by atoms with Gasteiger partial charge in [0.25, 0.3) is 5.91 Å². The minimum absolute atomic E-state index is 0.0338. The van der Waals surface area contributed by atoms with E-state index in [4.69, 9.17) is 4.74 Å². The van der Waals surface area contributed by atoms with Gasteiger partial charge >= 0.3 is 0 Å². The molecule has 0 aliphatic carbocycles.